The van der Waals surface area contributed by atoms with Crippen LogP contribution in [0.3, 0.4) is 0 Å². The van der Waals surface area contributed by atoms with E-state index in [1.165, 1.54) is 29.8 Å². The molecule has 0 aliphatic carbocycles. The number of hydrogen-bond acceptors (Lipinski definition) is 9. The Bertz CT molecular complexity index is 967. The normalized spacial score (nSPS) is 12.2. The Labute approximate surface area is 162 Å². The summed E-state index contributed by atoms with van der Waals surface area (Å²) < 4.78 is 16.6. The summed E-state index contributed by atoms with van der Waals surface area (Å²) in [6.45, 7) is 0.248. The van der Waals surface area contributed by atoms with Crippen LogP contribution in [0.25, 0.3) is 11.3 Å². The molecule has 0 radical (unpaired) electrons. The maximum atomic E-state index is 11.8. The number of thioether (sulfide) groups is 1. The smallest absolute Gasteiger partial charge is 0.348 e. The first kappa shape index (κ1) is 17.2. The van der Waals surface area contributed by atoms with Gasteiger partial charge in [-0.15, -0.1) is 34.4 Å². The number of hydrogen-bond donors (Lipinski definition) is 1. The number of methoxy groups -OCH3 is 1. The van der Waals surface area contributed by atoms with Crippen LogP contribution in [0.15, 0.2) is 33.9 Å². The quantitative estimate of drug-likeness (QED) is 0.480. The summed E-state index contributed by atoms with van der Waals surface area (Å²) in [5.74, 6) is 1.14. The van der Waals surface area contributed by atoms with Crippen molar-refractivity contribution in [2.45, 2.75) is 4.21 Å². The first-order valence-corrected chi connectivity index (χ1v) is 10.5. The minimum atomic E-state index is -0.328. The molecule has 134 valence electrons. The maximum absolute atomic E-state index is 11.8. The van der Waals surface area contributed by atoms with Crippen molar-refractivity contribution in [2.75, 3.05) is 25.5 Å². The molecule has 1 aromatic carbocycles. The van der Waals surface area contributed by atoms with Crippen molar-refractivity contribution in [1.82, 2.24) is 4.98 Å². The third-order valence-corrected chi connectivity index (χ3v) is 6.68. The molecule has 0 amide bonds. The van der Waals surface area contributed by atoms with E-state index >= 15 is 0 Å². The van der Waals surface area contributed by atoms with Crippen LogP contribution in [-0.2, 0) is 4.74 Å². The lowest BCUT2D eigenvalue weighted by Crippen LogP contribution is -1.96. The van der Waals surface area contributed by atoms with Crippen molar-refractivity contribution in [1.29, 1.82) is 0 Å². The fraction of sp³-hybridized carbons (Fsp3) is 0.176. The van der Waals surface area contributed by atoms with Gasteiger partial charge in [0.1, 0.15) is 4.88 Å². The summed E-state index contributed by atoms with van der Waals surface area (Å²) in [4.78, 5) is 17.0. The van der Waals surface area contributed by atoms with Crippen molar-refractivity contribution in [3.05, 3.63) is 34.5 Å². The second-order valence-corrected chi connectivity index (χ2v) is 8.22. The van der Waals surface area contributed by atoms with E-state index in [1.54, 1.807) is 11.8 Å². The molecule has 0 fully saturated rings. The highest BCUT2D eigenvalue weighted by Crippen LogP contribution is 2.40. The van der Waals surface area contributed by atoms with Gasteiger partial charge in [-0.2, -0.15) is 0 Å². The molecule has 3 heterocycles. The van der Waals surface area contributed by atoms with E-state index in [0.717, 1.165) is 37.8 Å². The molecule has 3 aromatic rings. The Balaban J connectivity index is 1.58. The minimum Gasteiger partial charge on any atom is -0.465 e. The Morgan fingerprint density at radius 1 is 1.31 bits per heavy atom. The number of nitrogens with zero attached hydrogens (tertiary/aromatic N) is 1. The average molecular weight is 407 g/mol. The first-order valence-electron chi connectivity index (χ1n) is 7.56. The zero-order valence-corrected chi connectivity index (χ0v) is 16.3. The highest BCUT2D eigenvalue weighted by molar-refractivity contribution is 8.00. The van der Waals surface area contributed by atoms with E-state index in [9.17, 15) is 4.79 Å². The van der Waals surface area contributed by atoms with Gasteiger partial charge in [0.05, 0.1) is 17.0 Å². The molecule has 0 saturated carbocycles. The zero-order chi connectivity index (χ0) is 18.1. The summed E-state index contributed by atoms with van der Waals surface area (Å²) in [6.07, 6.45) is 1.98. The number of fused-ring (bicyclic) bond motifs is 1. The number of aromatic nitrogens is 1. The highest BCUT2D eigenvalue weighted by atomic mass is 32.2. The number of esters is 1. The van der Waals surface area contributed by atoms with Crippen molar-refractivity contribution in [3.8, 4) is 22.8 Å². The molecular weight excluding hydrogens is 392 g/mol. The van der Waals surface area contributed by atoms with Crippen molar-refractivity contribution in [2.24, 2.45) is 0 Å². The molecule has 0 spiro atoms. The molecule has 0 bridgehead atoms. The standard InChI is InChI=1S/C17H14N2O4S3/c1-21-15(20)14-6-10(16(24-2)26-14)11-7-25-17(19-11)18-9-3-4-12-13(5-9)23-8-22-12/h3-7H,8H2,1-2H3,(H,18,19). The van der Waals surface area contributed by atoms with Crippen molar-refractivity contribution >= 4 is 51.2 Å². The first-order chi connectivity index (χ1) is 12.7. The predicted octanol–water partition coefficient (Wildman–Crippen LogP) is 4.85. The number of thiazole rings is 1. The average Bonchev–Trinajstić information content (AvgIpc) is 3.39. The van der Waals surface area contributed by atoms with Gasteiger partial charge >= 0.3 is 5.97 Å². The van der Waals surface area contributed by atoms with Crippen LogP contribution in [0, 0.1) is 0 Å². The summed E-state index contributed by atoms with van der Waals surface area (Å²) in [6, 6.07) is 7.51. The summed E-state index contributed by atoms with van der Waals surface area (Å²) in [5, 5.41) is 6.01. The number of carbonyl (C=O) groups excluding carboxylic acids is 1. The van der Waals surface area contributed by atoms with Gasteiger partial charge in [-0.3, -0.25) is 0 Å². The van der Waals surface area contributed by atoms with E-state index in [-0.39, 0.29) is 12.8 Å². The van der Waals surface area contributed by atoms with E-state index in [4.69, 9.17) is 14.2 Å². The van der Waals surface area contributed by atoms with Crippen molar-refractivity contribution in [3.63, 3.8) is 0 Å². The van der Waals surface area contributed by atoms with Gasteiger partial charge < -0.3 is 19.5 Å². The molecule has 9 heteroatoms. The lowest BCUT2D eigenvalue weighted by Gasteiger charge is -2.03. The second kappa shape index (κ2) is 7.18. The van der Waals surface area contributed by atoms with Gasteiger partial charge in [0.15, 0.2) is 16.6 Å². The highest BCUT2D eigenvalue weighted by Gasteiger charge is 2.18. The Kier molecular flexibility index (Phi) is 4.75. The fourth-order valence-corrected chi connectivity index (χ4v) is 4.99. The van der Waals surface area contributed by atoms with Crippen LogP contribution in [0.1, 0.15) is 9.67 Å². The largest absolute Gasteiger partial charge is 0.465 e. The van der Waals surface area contributed by atoms with Crippen LogP contribution in [0.4, 0.5) is 10.8 Å². The SMILES string of the molecule is COC(=O)c1cc(-c2csc(Nc3ccc4c(c3)OCO4)n2)c(SC)s1. The molecule has 2 aromatic heterocycles. The number of benzene rings is 1. The van der Waals surface area contributed by atoms with Gasteiger partial charge in [-0.1, -0.05) is 0 Å². The van der Waals surface area contributed by atoms with Crippen LogP contribution in [0.2, 0.25) is 0 Å². The molecule has 26 heavy (non-hydrogen) atoms. The topological polar surface area (TPSA) is 69.7 Å². The van der Waals surface area contributed by atoms with Crippen molar-refractivity contribution < 1.29 is 19.0 Å². The van der Waals surface area contributed by atoms with Gasteiger partial charge in [-0.25, -0.2) is 9.78 Å². The number of ether oxygens (including phenoxy) is 3. The van der Waals surface area contributed by atoms with Crippen LogP contribution in [0.5, 0.6) is 11.5 Å². The van der Waals surface area contributed by atoms with Crippen LogP contribution in [-0.4, -0.2) is 31.1 Å². The molecular formula is C17H14N2O4S3. The molecule has 1 N–H and O–H groups in total. The monoisotopic (exact) mass is 406 g/mol. The van der Waals surface area contributed by atoms with E-state index in [2.05, 4.69) is 10.3 Å². The Morgan fingerprint density at radius 2 is 2.15 bits per heavy atom. The Hall–Kier alpha value is -2.23. The molecule has 4 rings (SSSR count). The van der Waals surface area contributed by atoms with Gasteiger partial charge in [0, 0.05) is 22.7 Å². The molecule has 1 aliphatic heterocycles. The lowest BCUT2D eigenvalue weighted by molar-refractivity contribution is 0.0606. The minimum absolute atomic E-state index is 0.248. The number of thiophene rings is 1. The molecule has 0 unspecified atom stereocenters. The number of nitrogens with one attached hydrogen (secondary N) is 1. The number of carbonyl (C=O) groups is 1. The maximum Gasteiger partial charge on any atom is 0.348 e. The fourth-order valence-electron chi connectivity index (χ4n) is 2.46. The third-order valence-electron chi connectivity index (χ3n) is 3.67. The number of rotatable bonds is 5. The second-order valence-electron chi connectivity index (χ2n) is 5.24. The molecule has 0 saturated heterocycles. The zero-order valence-electron chi connectivity index (χ0n) is 13.9. The predicted molar refractivity (Wildman–Crippen MR) is 104 cm³/mol. The van der Waals surface area contributed by atoms with Gasteiger partial charge in [0.2, 0.25) is 6.79 Å². The lowest BCUT2D eigenvalue weighted by atomic mass is 10.2. The van der Waals surface area contributed by atoms with Gasteiger partial charge in [0.25, 0.3) is 0 Å². The van der Waals surface area contributed by atoms with E-state index in [0.29, 0.717) is 4.88 Å². The molecule has 1 aliphatic rings. The molecule has 0 atom stereocenters. The summed E-state index contributed by atoms with van der Waals surface area (Å²) in [7, 11) is 1.39. The summed E-state index contributed by atoms with van der Waals surface area (Å²) >= 11 is 4.51. The summed E-state index contributed by atoms with van der Waals surface area (Å²) in [5.41, 5.74) is 2.65. The van der Waals surface area contributed by atoms with E-state index in [1.807, 2.05) is 35.9 Å². The Morgan fingerprint density at radius 3 is 2.96 bits per heavy atom. The van der Waals surface area contributed by atoms with Crippen LogP contribution >= 0.6 is 34.4 Å². The number of anilines is 2. The van der Waals surface area contributed by atoms with Crippen LogP contribution < -0.4 is 14.8 Å². The van der Waals surface area contributed by atoms with E-state index < -0.39 is 0 Å². The third kappa shape index (κ3) is 3.25. The molecule has 6 nitrogen and oxygen atoms in total. The van der Waals surface area contributed by atoms with Gasteiger partial charge in [-0.05, 0) is 24.5 Å².